The largest absolute Gasteiger partial charge is 0.497 e. The number of ether oxygens (including phenoxy) is 1. The van der Waals surface area contributed by atoms with E-state index in [0.29, 0.717) is 0 Å². The topological polar surface area (TPSA) is 46.5 Å². The second-order valence-electron chi connectivity index (χ2n) is 4.69. The molecule has 0 bridgehead atoms. The van der Waals surface area contributed by atoms with E-state index in [0.717, 1.165) is 16.9 Å². The van der Waals surface area contributed by atoms with E-state index in [4.69, 9.17) is 9.84 Å². The summed E-state index contributed by atoms with van der Waals surface area (Å²) in [5.41, 5.74) is 1.69. The van der Waals surface area contributed by atoms with Crippen LogP contribution >= 0.6 is 0 Å². The van der Waals surface area contributed by atoms with Gasteiger partial charge in [-0.15, -0.1) is 0 Å². The van der Waals surface area contributed by atoms with Crippen molar-refractivity contribution in [3.8, 4) is 5.75 Å². The summed E-state index contributed by atoms with van der Waals surface area (Å²) in [5.74, 6) is -0.0149. The molecule has 1 aromatic carbocycles. The molecule has 1 N–H and O–H groups in total. The Morgan fingerprint density at radius 3 is 2.50 bits per heavy atom. The molecule has 0 spiro atoms. The van der Waals surface area contributed by atoms with E-state index in [1.165, 1.54) is 0 Å². The molecule has 1 aromatic rings. The van der Waals surface area contributed by atoms with Crippen LogP contribution in [0.3, 0.4) is 0 Å². The van der Waals surface area contributed by atoms with Crippen LogP contribution in [0.2, 0.25) is 0 Å². The average molecular weight is 222 g/mol. The van der Waals surface area contributed by atoms with Crippen LogP contribution in [0.1, 0.15) is 31.4 Å². The van der Waals surface area contributed by atoms with Gasteiger partial charge >= 0.3 is 5.97 Å². The standard InChI is InChI=1S/C13H18O3/c1-9-5-10(7-11(6-9)16-4)13(2,3)8-12(14)15/h5-7H,8H2,1-4H3,(H,14,15). The van der Waals surface area contributed by atoms with E-state index in [1.54, 1.807) is 7.11 Å². The number of hydrogen-bond donors (Lipinski definition) is 1. The molecule has 0 fully saturated rings. The zero-order valence-corrected chi connectivity index (χ0v) is 10.2. The number of carboxylic acid groups (broad SMARTS) is 1. The SMILES string of the molecule is COc1cc(C)cc(C(C)(C)CC(=O)O)c1. The highest BCUT2D eigenvalue weighted by molar-refractivity contribution is 5.69. The Balaban J connectivity index is 3.11. The van der Waals surface area contributed by atoms with Gasteiger partial charge in [0.1, 0.15) is 5.75 Å². The van der Waals surface area contributed by atoms with Gasteiger partial charge in [-0.25, -0.2) is 0 Å². The van der Waals surface area contributed by atoms with Crippen molar-refractivity contribution >= 4 is 5.97 Å². The third-order valence-electron chi connectivity index (χ3n) is 2.66. The van der Waals surface area contributed by atoms with Crippen LogP contribution in [0.4, 0.5) is 0 Å². The zero-order chi connectivity index (χ0) is 12.3. The number of aryl methyl sites for hydroxylation is 1. The summed E-state index contributed by atoms with van der Waals surface area (Å²) < 4.78 is 5.19. The molecule has 16 heavy (non-hydrogen) atoms. The highest BCUT2D eigenvalue weighted by Gasteiger charge is 2.24. The molecular weight excluding hydrogens is 204 g/mol. The van der Waals surface area contributed by atoms with E-state index in [9.17, 15) is 4.79 Å². The first kappa shape index (κ1) is 12.6. The summed E-state index contributed by atoms with van der Waals surface area (Å²) in [7, 11) is 1.61. The first-order chi connectivity index (χ1) is 7.35. The molecule has 0 unspecified atom stereocenters. The van der Waals surface area contributed by atoms with Gasteiger partial charge in [0, 0.05) is 5.41 Å². The van der Waals surface area contributed by atoms with Crippen LogP contribution in [0.5, 0.6) is 5.75 Å². The minimum Gasteiger partial charge on any atom is -0.497 e. The third-order valence-corrected chi connectivity index (χ3v) is 2.66. The van der Waals surface area contributed by atoms with Gasteiger partial charge in [0.05, 0.1) is 13.5 Å². The maximum absolute atomic E-state index is 10.8. The summed E-state index contributed by atoms with van der Waals surface area (Å²) >= 11 is 0. The van der Waals surface area contributed by atoms with Crippen molar-refractivity contribution in [2.75, 3.05) is 7.11 Å². The van der Waals surface area contributed by atoms with Gasteiger partial charge in [-0.2, -0.15) is 0 Å². The lowest BCUT2D eigenvalue weighted by atomic mass is 9.81. The van der Waals surface area contributed by atoms with Crippen molar-refractivity contribution in [2.24, 2.45) is 0 Å². The number of carbonyl (C=O) groups is 1. The molecule has 1 rings (SSSR count). The molecule has 0 aliphatic rings. The number of rotatable bonds is 4. The fourth-order valence-electron chi connectivity index (χ4n) is 1.74. The van der Waals surface area contributed by atoms with Crippen molar-refractivity contribution in [3.05, 3.63) is 29.3 Å². The van der Waals surface area contributed by atoms with E-state index in [1.807, 2.05) is 39.0 Å². The average Bonchev–Trinajstić information content (AvgIpc) is 2.14. The molecule has 0 amide bonds. The molecule has 0 saturated carbocycles. The van der Waals surface area contributed by atoms with Crippen LogP contribution in [-0.2, 0) is 10.2 Å². The molecule has 0 aliphatic carbocycles. The predicted octanol–water partition coefficient (Wildman–Crippen LogP) is 2.76. The minimum absolute atomic E-state index is 0.111. The van der Waals surface area contributed by atoms with E-state index < -0.39 is 5.97 Å². The Kier molecular flexibility index (Phi) is 3.58. The lowest BCUT2D eigenvalue weighted by Gasteiger charge is -2.24. The molecule has 0 saturated heterocycles. The van der Waals surface area contributed by atoms with Gasteiger partial charge in [-0.1, -0.05) is 19.9 Å². The van der Waals surface area contributed by atoms with Gasteiger partial charge < -0.3 is 9.84 Å². The van der Waals surface area contributed by atoms with Crippen LogP contribution in [0, 0.1) is 6.92 Å². The lowest BCUT2D eigenvalue weighted by Crippen LogP contribution is -2.21. The molecule has 0 aliphatic heterocycles. The summed E-state index contributed by atoms with van der Waals surface area (Å²) in [6, 6.07) is 5.84. The monoisotopic (exact) mass is 222 g/mol. The number of aliphatic carboxylic acids is 1. The second kappa shape index (κ2) is 4.56. The third kappa shape index (κ3) is 2.99. The van der Waals surface area contributed by atoms with Crippen LogP contribution in [0.25, 0.3) is 0 Å². The molecule has 3 nitrogen and oxygen atoms in total. The second-order valence-corrected chi connectivity index (χ2v) is 4.69. The molecule has 0 radical (unpaired) electrons. The summed E-state index contributed by atoms with van der Waals surface area (Å²) in [5, 5.41) is 8.87. The van der Waals surface area contributed by atoms with Gasteiger partial charge in [0.15, 0.2) is 0 Å². The zero-order valence-electron chi connectivity index (χ0n) is 10.2. The number of hydrogen-bond acceptors (Lipinski definition) is 2. The fraction of sp³-hybridized carbons (Fsp3) is 0.462. The van der Waals surface area contributed by atoms with Crippen molar-refractivity contribution in [3.63, 3.8) is 0 Å². The minimum atomic E-state index is -0.787. The molecule has 0 aromatic heterocycles. The Morgan fingerprint density at radius 1 is 1.38 bits per heavy atom. The van der Waals surface area contributed by atoms with Crippen LogP contribution < -0.4 is 4.74 Å². The van der Waals surface area contributed by atoms with Crippen molar-refractivity contribution in [2.45, 2.75) is 32.6 Å². The van der Waals surface area contributed by atoms with Crippen molar-refractivity contribution < 1.29 is 14.6 Å². The maximum atomic E-state index is 10.8. The van der Waals surface area contributed by atoms with Gasteiger partial charge in [-0.05, 0) is 30.2 Å². The normalized spacial score (nSPS) is 11.2. The summed E-state index contributed by atoms with van der Waals surface area (Å²) in [4.78, 5) is 10.8. The summed E-state index contributed by atoms with van der Waals surface area (Å²) in [6.07, 6.45) is 0.111. The number of benzene rings is 1. The number of carboxylic acids is 1. The molecule has 3 heteroatoms. The molecular formula is C13H18O3. The first-order valence-electron chi connectivity index (χ1n) is 5.23. The highest BCUT2D eigenvalue weighted by Crippen LogP contribution is 2.30. The molecule has 0 atom stereocenters. The Labute approximate surface area is 96.1 Å². The first-order valence-corrected chi connectivity index (χ1v) is 5.23. The van der Waals surface area contributed by atoms with Crippen molar-refractivity contribution in [1.82, 2.24) is 0 Å². The number of methoxy groups -OCH3 is 1. The van der Waals surface area contributed by atoms with Gasteiger partial charge in [-0.3, -0.25) is 4.79 Å². The lowest BCUT2D eigenvalue weighted by molar-refractivity contribution is -0.138. The Hall–Kier alpha value is -1.51. The quantitative estimate of drug-likeness (QED) is 0.852. The molecule has 88 valence electrons. The van der Waals surface area contributed by atoms with E-state index >= 15 is 0 Å². The van der Waals surface area contributed by atoms with Crippen LogP contribution in [-0.4, -0.2) is 18.2 Å². The Bertz CT molecular complexity index is 394. The van der Waals surface area contributed by atoms with Crippen LogP contribution in [0.15, 0.2) is 18.2 Å². The highest BCUT2D eigenvalue weighted by atomic mass is 16.5. The van der Waals surface area contributed by atoms with Gasteiger partial charge in [0.25, 0.3) is 0 Å². The van der Waals surface area contributed by atoms with E-state index in [2.05, 4.69) is 0 Å². The fourth-order valence-corrected chi connectivity index (χ4v) is 1.74. The maximum Gasteiger partial charge on any atom is 0.304 e. The van der Waals surface area contributed by atoms with Crippen molar-refractivity contribution in [1.29, 1.82) is 0 Å². The summed E-state index contributed by atoms with van der Waals surface area (Å²) in [6.45, 7) is 5.83. The smallest absolute Gasteiger partial charge is 0.304 e. The predicted molar refractivity (Wildman–Crippen MR) is 63.0 cm³/mol. The van der Waals surface area contributed by atoms with Gasteiger partial charge in [0.2, 0.25) is 0 Å². The van der Waals surface area contributed by atoms with E-state index in [-0.39, 0.29) is 11.8 Å². The molecule has 0 heterocycles. The Morgan fingerprint density at radius 2 is 2.00 bits per heavy atom.